The molecule has 1 aliphatic rings. The van der Waals surface area contributed by atoms with Crippen LogP contribution in [-0.2, 0) is 13.1 Å². The molecule has 0 saturated carbocycles. The zero-order valence-corrected chi connectivity index (χ0v) is 12.3. The molecule has 2 N–H and O–H groups in total. The van der Waals surface area contributed by atoms with Crippen molar-refractivity contribution in [1.82, 2.24) is 14.5 Å². The van der Waals surface area contributed by atoms with Crippen molar-refractivity contribution in [1.29, 1.82) is 0 Å². The smallest absolute Gasteiger partial charge is 0.258 e. The number of anilines is 1. The van der Waals surface area contributed by atoms with E-state index in [9.17, 15) is 4.79 Å². The van der Waals surface area contributed by atoms with E-state index in [-0.39, 0.29) is 5.56 Å². The Morgan fingerprint density at radius 1 is 1.52 bits per heavy atom. The highest BCUT2D eigenvalue weighted by molar-refractivity contribution is 7.71. The molecule has 21 heavy (non-hydrogen) atoms. The van der Waals surface area contributed by atoms with Crippen molar-refractivity contribution in [3.8, 4) is 0 Å². The van der Waals surface area contributed by atoms with Crippen LogP contribution in [0.15, 0.2) is 40.3 Å². The van der Waals surface area contributed by atoms with Crippen LogP contribution < -0.4 is 10.9 Å². The first-order valence-electron chi connectivity index (χ1n) is 6.64. The summed E-state index contributed by atoms with van der Waals surface area (Å²) in [6.07, 6.45) is 3.44. The van der Waals surface area contributed by atoms with Gasteiger partial charge in [0.1, 0.15) is 11.6 Å². The normalized spacial score (nSPS) is 14.5. The van der Waals surface area contributed by atoms with Crippen LogP contribution in [0.2, 0.25) is 0 Å². The molecule has 2 aromatic rings. The molecule has 2 aromatic heterocycles. The molecule has 3 rings (SSSR count). The van der Waals surface area contributed by atoms with E-state index in [1.165, 1.54) is 0 Å². The number of nitrogens with one attached hydrogen (secondary N) is 2. The van der Waals surface area contributed by atoms with Crippen LogP contribution in [0.5, 0.6) is 0 Å². The number of aromatic amines is 1. The van der Waals surface area contributed by atoms with Gasteiger partial charge in [-0.05, 0) is 24.4 Å². The molecule has 0 unspecified atom stereocenters. The summed E-state index contributed by atoms with van der Waals surface area (Å²) in [5.41, 5.74) is 0.537. The number of hydrogen-bond donors (Lipinski definition) is 2. The first-order valence-corrected chi connectivity index (χ1v) is 7.05. The number of rotatable bonds is 4. The lowest BCUT2D eigenvalue weighted by Gasteiger charge is -2.30. The van der Waals surface area contributed by atoms with E-state index in [1.807, 2.05) is 22.8 Å². The van der Waals surface area contributed by atoms with Crippen LogP contribution >= 0.6 is 12.2 Å². The second kappa shape index (κ2) is 5.71. The molecule has 0 bridgehead atoms. The fourth-order valence-electron chi connectivity index (χ4n) is 2.45. The summed E-state index contributed by atoms with van der Waals surface area (Å²) in [4.78, 5) is 17.0. The number of furan rings is 1. The van der Waals surface area contributed by atoms with Crippen LogP contribution in [0, 0.1) is 4.77 Å². The van der Waals surface area contributed by atoms with E-state index in [0.29, 0.717) is 30.1 Å². The molecule has 0 aliphatic carbocycles. The van der Waals surface area contributed by atoms with E-state index in [2.05, 4.69) is 21.8 Å². The zero-order chi connectivity index (χ0) is 14.8. The van der Waals surface area contributed by atoms with Crippen molar-refractivity contribution in [2.75, 3.05) is 18.5 Å². The van der Waals surface area contributed by atoms with Crippen molar-refractivity contribution in [3.63, 3.8) is 0 Å². The van der Waals surface area contributed by atoms with Gasteiger partial charge in [-0.1, -0.05) is 6.08 Å². The Hall–Kier alpha value is -2.12. The van der Waals surface area contributed by atoms with Crippen LogP contribution in [0.4, 0.5) is 5.82 Å². The summed E-state index contributed by atoms with van der Waals surface area (Å²) >= 11 is 5.27. The van der Waals surface area contributed by atoms with Gasteiger partial charge in [0.05, 0.1) is 25.0 Å². The highest BCUT2D eigenvalue weighted by Gasteiger charge is 2.21. The van der Waals surface area contributed by atoms with E-state index >= 15 is 0 Å². The minimum absolute atomic E-state index is 0.146. The van der Waals surface area contributed by atoms with Crippen molar-refractivity contribution in [2.24, 2.45) is 0 Å². The standard InChI is InChI=1S/C14H16N4O2S/c1-2-5-17-8-11-12(15-9-17)18(14(21)16-13(11)19)7-10-4-3-6-20-10/h2-4,6,15H,1,5,7-9H2,(H,16,19,21). The summed E-state index contributed by atoms with van der Waals surface area (Å²) in [6.45, 7) is 6.15. The number of hydrogen-bond acceptors (Lipinski definition) is 5. The molecule has 0 aromatic carbocycles. The quantitative estimate of drug-likeness (QED) is 0.667. The molecule has 7 heteroatoms. The molecule has 0 spiro atoms. The lowest BCUT2D eigenvalue weighted by molar-refractivity contribution is 0.301. The molecular formula is C14H16N4O2S. The van der Waals surface area contributed by atoms with Gasteiger partial charge >= 0.3 is 0 Å². The monoisotopic (exact) mass is 304 g/mol. The molecule has 1 aliphatic heterocycles. The Morgan fingerprint density at radius 2 is 2.38 bits per heavy atom. The van der Waals surface area contributed by atoms with Crippen LogP contribution in [0.25, 0.3) is 0 Å². The molecule has 0 amide bonds. The number of nitrogens with zero attached hydrogens (tertiary/aromatic N) is 2. The molecule has 6 nitrogen and oxygen atoms in total. The van der Waals surface area contributed by atoms with E-state index in [4.69, 9.17) is 16.6 Å². The van der Waals surface area contributed by atoms with Gasteiger partial charge in [-0.3, -0.25) is 19.2 Å². The molecule has 3 heterocycles. The number of fused-ring (bicyclic) bond motifs is 1. The average molecular weight is 304 g/mol. The lowest BCUT2D eigenvalue weighted by Crippen LogP contribution is -2.39. The van der Waals surface area contributed by atoms with Crippen molar-refractivity contribution < 1.29 is 4.42 Å². The predicted octanol–water partition coefficient (Wildman–Crippen LogP) is 1.92. The largest absolute Gasteiger partial charge is 0.467 e. The maximum absolute atomic E-state index is 12.1. The summed E-state index contributed by atoms with van der Waals surface area (Å²) in [5.74, 6) is 1.55. The molecule has 110 valence electrons. The second-order valence-corrected chi connectivity index (χ2v) is 5.27. The van der Waals surface area contributed by atoms with Crippen molar-refractivity contribution >= 4 is 18.0 Å². The first-order chi connectivity index (χ1) is 10.2. The first kappa shape index (κ1) is 13.8. The Labute approximate surface area is 126 Å². The van der Waals surface area contributed by atoms with Gasteiger partial charge < -0.3 is 9.73 Å². The molecule has 0 atom stereocenters. The van der Waals surface area contributed by atoms with Gasteiger partial charge in [-0.15, -0.1) is 6.58 Å². The van der Waals surface area contributed by atoms with Gasteiger partial charge in [0.25, 0.3) is 5.56 Å². The molecule has 0 radical (unpaired) electrons. The lowest BCUT2D eigenvalue weighted by atomic mass is 10.2. The summed E-state index contributed by atoms with van der Waals surface area (Å²) in [7, 11) is 0. The summed E-state index contributed by atoms with van der Waals surface area (Å²) in [5, 5.41) is 3.27. The van der Waals surface area contributed by atoms with E-state index in [1.54, 1.807) is 6.26 Å². The van der Waals surface area contributed by atoms with Gasteiger partial charge in [0.2, 0.25) is 0 Å². The Balaban J connectivity index is 2.02. The minimum atomic E-state index is -0.146. The predicted molar refractivity (Wildman–Crippen MR) is 82.8 cm³/mol. The maximum Gasteiger partial charge on any atom is 0.258 e. The van der Waals surface area contributed by atoms with Crippen LogP contribution in [0.3, 0.4) is 0 Å². The Morgan fingerprint density at radius 3 is 3.10 bits per heavy atom. The van der Waals surface area contributed by atoms with E-state index < -0.39 is 0 Å². The van der Waals surface area contributed by atoms with Gasteiger partial charge in [0, 0.05) is 13.1 Å². The summed E-state index contributed by atoms with van der Waals surface area (Å²) < 4.78 is 7.61. The third-order valence-corrected chi connectivity index (χ3v) is 3.75. The third kappa shape index (κ3) is 2.70. The van der Waals surface area contributed by atoms with Crippen LogP contribution in [-0.4, -0.2) is 27.7 Å². The van der Waals surface area contributed by atoms with Crippen molar-refractivity contribution in [2.45, 2.75) is 13.1 Å². The number of H-pyrrole nitrogens is 1. The Bertz CT molecular complexity index is 760. The minimum Gasteiger partial charge on any atom is -0.467 e. The maximum atomic E-state index is 12.1. The van der Waals surface area contributed by atoms with Gasteiger partial charge in [-0.25, -0.2) is 0 Å². The molecule has 0 saturated heterocycles. The van der Waals surface area contributed by atoms with E-state index in [0.717, 1.165) is 18.1 Å². The van der Waals surface area contributed by atoms with Crippen molar-refractivity contribution in [3.05, 3.63) is 57.5 Å². The average Bonchev–Trinajstić information content (AvgIpc) is 2.97. The SMILES string of the molecule is C=CCN1CNc2c(c(=O)[nH]c(=S)n2Cc2ccco2)C1. The molecule has 0 fully saturated rings. The Kier molecular flexibility index (Phi) is 3.76. The zero-order valence-electron chi connectivity index (χ0n) is 11.5. The van der Waals surface area contributed by atoms with Crippen LogP contribution in [0.1, 0.15) is 11.3 Å². The fraction of sp³-hybridized carbons (Fsp3) is 0.286. The number of aromatic nitrogens is 2. The molecular weight excluding hydrogens is 288 g/mol. The second-order valence-electron chi connectivity index (χ2n) is 4.89. The fourth-order valence-corrected chi connectivity index (χ4v) is 2.70. The summed E-state index contributed by atoms with van der Waals surface area (Å²) in [6, 6.07) is 3.71. The van der Waals surface area contributed by atoms with Gasteiger partial charge in [-0.2, -0.15) is 0 Å². The third-order valence-electron chi connectivity index (χ3n) is 3.43. The highest BCUT2D eigenvalue weighted by Crippen LogP contribution is 2.20. The topological polar surface area (TPSA) is 66.2 Å². The highest BCUT2D eigenvalue weighted by atomic mass is 32.1. The van der Waals surface area contributed by atoms with Gasteiger partial charge in [0.15, 0.2) is 4.77 Å².